The van der Waals surface area contributed by atoms with Crippen LogP contribution in [0.15, 0.2) is 24.3 Å². The van der Waals surface area contributed by atoms with Gasteiger partial charge in [-0.1, -0.05) is 43.6 Å². The van der Waals surface area contributed by atoms with Gasteiger partial charge in [-0.05, 0) is 26.2 Å². The van der Waals surface area contributed by atoms with Crippen LogP contribution in [0, 0.1) is 5.41 Å². The van der Waals surface area contributed by atoms with E-state index >= 15 is 0 Å². The highest BCUT2D eigenvalue weighted by Gasteiger charge is 2.29. The van der Waals surface area contributed by atoms with Crippen molar-refractivity contribution in [3.8, 4) is 0 Å². The summed E-state index contributed by atoms with van der Waals surface area (Å²) in [6.07, 6.45) is 14.5. The normalized spacial score (nSPS) is 28.4. The van der Waals surface area contributed by atoms with Gasteiger partial charge in [0.1, 0.15) is 0 Å². The molecule has 1 atom stereocenters. The summed E-state index contributed by atoms with van der Waals surface area (Å²) in [5.74, 6) is -0.756. The van der Waals surface area contributed by atoms with Crippen molar-refractivity contribution in [1.29, 1.82) is 0 Å². The number of carbonyl (C=O) groups is 1. The third kappa shape index (κ3) is 4.73. The van der Waals surface area contributed by atoms with Gasteiger partial charge in [-0.15, -0.1) is 0 Å². The highest BCUT2D eigenvalue weighted by molar-refractivity contribution is 5.77. The van der Waals surface area contributed by atoms with Gasteiger partial charge in [0, 0.05) is 6.04 Å². The molecule has 1 unspecified atom stereocenters. The number of carboxylic acid groups (broad SMARTS) is 1. The van der Waals surface area contributed by atoms with Gasteiger partial charge in [0.2, 0.25) is 0 Å². The maximum atomic E-state index is 10.6. The number of aliphatic carboxylic acids is 1. The van der Waals surface area contributed by atoms with Crippen molar-refractivity contribution in [1.82, 2.24) is 0 Å². The van der Waals surface area contributed by atoms with Gasteiger partial charge in [0.05, 0.1) is 5.41 Å². The van der Waals surface area contributed by atoms with Crippen molar-refractivity contribution in [2.75, 3.05) is 0 Å². The maximum Gasteiger partial charge on any atom is 0.313 e. The fourth-order valence-corrected chi connectivity index (χ4v) is 2.02. The fraction of sp³-hybridized carbons (Fsp3) is 0.643. The van der Waals surface area contributed by atoms with Gasteiger partial charge in [-0.25, -0.2) is 0 Å². The van der Waals surface area contributed by atoms with E-state index in [2.05, 4.69) is 0 Å². The van der Waals surface area contributed by atoms with E-state index in [0.717, 1.165) is 0 Å². The van der Waals surface area contributed by atoms with Crippen molar-refractivity contribution in [3.63, 3.8) is 0 Å². The summed E-state index contributed by atoms with van der Waals surface area (Å²) in [5.41, 5.74) is 4.96. The molecule has 3 nitrogen and oxygen atoms in total. The molecule has 0 aromatic rings. The lowest BCUT2D eigenvalue weighted by Crippen LogP contribution is -2.25. The first-order chi connectivity index (χ1) is 8.04. The van der Waals surface area contributed by atoms with Crippen molar-refractivity contribution in [3.05, 3.63) is 24.3 Å². The molecule has 0 aromatic carbocycles. The average molecular weight is 237 g/mol. The van der Waals surface area contributed by atoms with E-state index in [-0.39, 0.29) is 0 Å². The lowest BCUT2D eigenvalue weighted by atomic mass is 9.84. The SMILES string of the molecule is CC1(C(=O)O)C=CC=CC1.NC1CCCCC1. The summed E-state index contributed by atoms with van der Waals surface area (Å²) >= 11 is 0. The van der Waals surface area contributed by atoms with E-state index in [1.165, 1.54) is 32.1 Å². The van der Waals surface area contributed by atoms with Gasteiger partial charge in [0.25, 0.3) is 0 Å². The smallest absolute Gasteiger partial charge is 0.313 e. The van der Waals surface area contributed by atoms with Crippen LogP contribution in [0.4, 0.5) is 0 Å². The van der Waals surface area contributed by atoms with E-state index in [1.54, 1.807) is 19.1 Å². The minimum Gasteiger partial charge on any atom is -0.481 e. The molecule has 0 heterocycles. The van der Waals surface area contributed by atoms with Crippen molar-refractivity contribution in [2.24, 2.45) is 11.1 Å². The molecule has 3 N–H and O–H groups in total. The third-order valence-corrected chi connectivity index (χ3v) is 3.39. The Hall–Kier alpha value is -1.09. The van der Waals surface area contributed by atoms with Crippen LogP contribution in [0.2, 0.25) is 0 Å². The van der Waals surface area contributed by atoms with Crippen LogP contribution in [0.5, 0.6) is 0 Å². The lowest BCUT2D eigenvalue weighted by molar-refractivity contribution is -0.145. The number of nitrogens with two attached hydrogens (primary N) is 1. The van der Waals surface area contributed by atoms with Crippen molar-refractivity contribution in [2.45, 2.75) is 51.5 Å². The van der Waals surface area contributed by atoms with Crippen molar-refractivity contribution >= 4 is 5.97 Å². The molecule has 3 heteroatoms. The number of rotatable bonds is 1. The first-order valence-corrected chi connectivity index (χ1v) is 6.38. The van der Waals surface area contributed by atoms with Crippen LogP contribution in [0.25, 0.3) is 0 Å². The molecule has 0 amide bonds. The van der Waals surface area contributed by atoms with Crippen molar-refractivity contribution < 1.29 is 9.90 Å². The third-order valence-electron chi connectivity index (χ3n) is 3.39. The Kier molecular flexibility index (Phi) is 5.42. The second-order valence-electron chi connectivity index (χ2n) is 5.11. The molecule has 0 aromatic heterocycles. The van der Waals surface area contributed by atoms with Gasteiger partial charge in [-0.2, -0.15) is 0 Å². The zero-order valence-corrected chi connectivity index (χ0v) is 10.6. The van der Waals surface area contributed by atoms with Crippen LogP contribution in [0.3, 0.4) is 0 Å². The molecule has 2 aliphatic rings. The highest BCUT2D eigenvalue weighted by Crippen LogP contribution is 2.26. The van der Waals surface area contributed by atoms with E-state index in [4.69, 9.17) is 10.8 Å². The Morgan fingerprint density at radius 3 is 2.24 bits per heavy atom. The number of hydrogen-bond donors (Lipinski definition) is 2. The molecule has 2 aliphatic carbocycles. The number of carboxylic acids is 1. The molecule has 17 heavy (non-hydrogen) atoms. The molecule has 1 saturated carbocycles. The summed E-state index contributed by atoms with van der Waals surface area (Å²) in [6.45, 7) is 1.72. The second-order valence-corrected chi connectivity index (χ2v) is 5.11. The Bertz CT molecular complexity index is 303. The summed E-state index contributed by atoms with van der Waals surface area (Å²) in [7, 11) is 0. The molecule has 0 saturated heterocycles. The number of hydrogen-bond acceptors (Lipinski definition) is 2. The number of allylic oxidation sites excluding steroid dienone is 3. The molecular weight excluding hydrogens is 214 g/mol. The van der Waals surface area contributed by atoms with Crippen LogP contribution >= 0.6 is 0 Å². The fourth-order valence-electron chi connectivity index (χ4n) is 2.02. The highest BCUT2D eigenvalue weighted by atomic mass is 16.4. The van der Waals surface area contributed by atoms with E-state index in [9.17, 15) is 4.79 Å². The predicted octanol–water partition coefficient (Wildman–Crippen LogP) is 2.87. The zero-order valence-electron chi connectivity index (χ0n) is 10.6. The quantitative estimate of drug-likeness (QED) is 0.737. The second kappa shape index (κ2) is 6.60. The monoisotopic (exact) mass is 237 g/mol. The van der Waals surface area contributed by atoms with Gasteiger partial charge in [0.15, 0.2) is 0 Å². The standard InChI is InChI=1S/C8H10O2.C6H13N/c1-8(7(9)10)5-3-2-4-6-8;7-6-4-2-1-3-5-6/h2-5H,6H2,1H3,(H,9,10);6H,1-5,7H2. The molecule has 96 valence electrons. The molecule has 0 radical (unpaired) electrons. The predicted molar refractivity (Wildman–Crippen MR) is 69.7 cm³/mol. The summed E-state index contributed by atoms with van der Waals surface area (Å²) in [6, 6.07) is 0.536. The summed E-state index contributed by atoms with van der Waals surface area (Å²) < 4.78 is 0. The van der Waals surface area contributed by atoms with Crippen LogP contribution in [0.1, 0.15) is 45.4 Å². The summed E-state index contributed by atoms with van der Waals surface area (Å²) in [4.78, 5) is 10.6. The van der Waals surface area contributed by atoms with Crippen LogP contribution < -0.4 is 5.73 Å². The van der Waals surface area contributed by atoms with E-state index in [0.29, 0.717) is 12.5 Å². The van der Waals surface area contributed by atoms with Crippen LogP contribution in [-0.4, -0.2) is 17.1 Å². The Morgan fingerprint density at radius 2 is 1.94 bits per heavy atom. The van der Waals surface area contributed by atoms with Gasteiger partial charge < -0.3 is 10.8 Å². The van der Waals surface area contributed by atoms with E-state index in [1.807, 2.05) is 12.2 Å². The molecule has 1 fully saturated rings. The molecule has 0 spiro atoms. The van der Waals surface area contributed by atoms with Gasteiger partial charge in [-0.3, -0.25) is 4.79 Å². The maximum absolute atomic E-state index is 10.6. The molecule has 0 bridgehead atoms. The largest absolute Gasteiger partial charge is 0.481 e. The topological polar surface area (TPSA) is 63.3 Å². The van der Waals surface area contributed by atoms with Gasteiger partial charge >= 0.3 is 5.97 Å². The summed E-state index contributed by atoms with van der Waals surface area (Å²) in [5, 5.41) is 8.71. The molecule has 0 aliphatic heterocycles. The van der Waals surface area contributed by atoms with Crippen LogP contribution in [-0.2, 0) is 4.79 Å². The average Bonchev–Trinajstić information content (AvgIpc) is 2.31. The molecular formula is C14H23NO2. The first-order valence-electron chi connectivity index (χ1n) is 6.38. The zero-order chi connectivity index (χ0) is 12.7. The first kappa shape index (κ1) is 14.0. The Balaban J connectivity index is 0.000000181. The lowest BCUT2D eigenvalue weighted by Gasteiger charge is -2.20. The van der Waals surface area contributed by atoms with E-state index < -0.39 is 11.4 Å². The Labute approximate surface area is 103 Å². The molecule has 2 rings (SSSR count). The Morgan fingerprint density at radius 1 is 1.29 bits per heavy atom. The minimum absolute atomic E-state index is 0.536. The minimum atomic E-state index is -0.756.